The molecule has 4 heteroatoms. The molecule has 1 N–H and O–H groups in total. The summed E-state index contributed by atoms with van der Waals surface area (Å²) in [5, 5.41) is 15.0. The van der Waals surface area contributed by atoms with Crippen molar-refractivity contribution >= 4 is 10.8 Å². The lowest BCUT2D eigenvalue weighted by Crippen LogP contribution is -2.24. The van der Waals surface area contributed by atoms with E-state index in [0.717, 1.165) is 10.9 Å². The van der Waals surface area contributed by atoms with Crippen molar-refractivity contribution in [2.75, 3.05) is 0 Å². The molecule has 2 rings (SSSR count). The molecular formula is C12H14N2O2. The van der Waals surface area contributed by atoms with Crippen molar-refractivity contribution in [2.45, 2.75) is 26.8 Å². The first-order valence-electron chi connectivity index (χ1n) is 5.22. The van der Waals surface area contributed by atoms with Gasteiger partial charge in [0.05, 0.1) is 17.6 Å². The molecule has 0 radical (unpaired) electrons. The van der Waals surface area contributed by atoms with Crippen molar-refractivity contribution < 1.29 is 5.11 Å². The van der Waals surface area contributed by atoms with Gasteiger partial charge in [-0.2, -0.15) is 5.10 Å². The molecule has 0 amide bonds. The zero-order valence-electron chi connectivity index (χ0n) is 9.56. The van der Waals surface area contributed by atoms with Crippen molar-refractivity contribution in [3.05, 3.63) is 34.2 Å². The lowest BCUT2D eigenvalue weighted by atomic mass is 10.1. The third kappa shape index (κ3) is 1.56. The van der Waals surface area contributed by atoms with E-state index < -0.39 is 0 Å². The van der Waals surface area contributed by atoms with Crippen LogP contribution in [0.15, 0.2) is 23.1 Å². The summed E-state index contributed by atoms with van der Waals surface area (Å²) in [5.41, 5.74) is 0.582. The number of aromatic hydroxyl groups is 1. The van der Waals surface area contributed by atoms with E-state index in [0.29, 0.717) is 5.39 Å². The second-order valence-corrected chi connectivity index (χ2v) is 4.21. The number of phenols is 1. The van der Waals surface area contributed by atoms with Crippen LogP contribution in [0.1, 0.15) is 25.5 Å². The Labute approximate surface area is 93.1 Å². The normalized spacial score (nSPS) is 11.2. The van der Waals surface area contributed by atoms with Crippen LogP contribution >= 0.6 is 0 Å². The Balaban J connectivity index is 2.85. The SMILES string of the molecule is Cc1cc2cnn(C(C)C)c(=O)c2cc1O. The first kappa shape index (κ1) is 10.7. The van der Waals surface area contributed by atoms with Gasteiger partial charge >= 0.3 is 0 Å². The van der Waals surface area contributed by atoms with E-state index in [4.69, 9.17) is 0 Å². The molecule has 0 unspecified atom stereocenters. The van der Waals surface area contributed by atoms with Crippen LogP contribution in [0.5, 0.6) is 5.75 Å². The van der Waals surface area contributed by atoms with E-state index in [1.165, 1.54) is 10.7 Å². The van der Waals surface area contributed by atoms with Crippen LogP contribution in [0.25, 0.3) is 10.8 Å². The summed E-state index contributed by atoms with van der Waals surface area (Å²) in [5.74, 6) is 0.145. The van der Waals surface area contributed by atoms with E-state index in [-0.39, 0.29) is 17.4 Å². The number of aryl methyl sites for hydroxylation is 1. The van der Waals surface area contributed by atoms with E-state index in [2.05, 4.69) is 5.10 Å². The molecule has 1 aromatic heterocycles. The molecule has 0 aliphatic carbocycles. The smallest absolute Gasteiger partial charge is 0.275 e. The second kappa shape index (κ2) is 3.63. The summed E-state index contributed by atoms with van der Waals surface area (Å²) in [7, 11) is 0. The van der Waals surface area contributed by atoms with Crippen molar-refractivity contribution in [3.8, 4) is 5.75 Å². The van der Waals surface area contributed by atoms with Crippen LogP contribution in [-0.4, -0.2) is 14.9 Å². The molecule has 1 heterocycles. The van der Waals surface area contributed by atoms with Crippen LogP contribution in [-0.2, 0) is 0 Å². The average Bonchev–Trinajstić information content (AvgIpc) is 2.21. The van der Waals surface area contributed by atoms with Crippen molar-refractivity contribution in [3.63, 3.8) is 0 Å². The number of rotatable bonds is 1. The van der Waals surface area contributed by atoms with Crippen molar-refractivity contribution in [1.82, 2.24) is 9.78 Å². The van der Waals surface area contributed by atoms with Gasteiger partial charge in [0.15, 0.2) is 0 Å². The van der Waals surface area contributed by atoms with Crippen LogP contribution in [0.2, 0.25) is 0 Å². The molecular weight excluding hydrogens is 204 g/mol. The number of hydrogen-bond acceptors (Lipinski definition) is 3. The van der Waals surface area contributed by atoms with Gasteiger partial charge in [-0.1, -0.05) is 0 Å². The molecule has 0 fully saturated rings. The van der Waals surface area contributed by atoms with Crippen LogP contribution in [0.3, 0.4) is 0 Å². The van der Waals surface area contributed by atoms with Gasteiger partial charge in [-0.3, -0.25) is 4.79 Å². The van der Waals surface area contributed by atoms with Crippen LogP contribution in [0.4, 0.5) is 0 Å². The topological polar surface area (TPSA) is 55.1 Å². The molecule has 0 atom stereocenters. The third-order valence-electron chi connectivity index (χ3n) is 2.62. The first-order valence-corrected chi connectivity index (χ1v) is 5.22. The summed E-state index contributed by atoms with van der Waals surface area (Å²) in [6.07, 6.45) is 1.66. The quantitative estimate of drug-likeness (QED) is 0.796. The summed E-state index contributed by atoms with van der Waals surface area (Å²) in [4.78, 5) is 12.0. The Morgan fingerprint density at radius 1 is 1.38 bits per heavy atom. The Morgan fingerprint density at radius 2 is 2.06 bits per heavy atom. The largest absolute Gasteiger partial charge is 0.508 e. The number of aromatic nitrogens is 2. The Kier molecular flexibility index (Phi) is 2.42. The summed E-state index contributed by atoms with van der Waals surface area (Å²) >= 11 is 0. The van der Waals surface area contributed by atoms with Crippen LogP contribution in [0, 0.1) is 6.92 Å². The molecule has 0 saturated carbocycles. The highest BCUT2D eigenvalue weighted by molar-refractivity contribution is 5.83. The van der Waals surface area contributed by atoms with Gasteiger partial charge < -0.3 is 5.11 Å². The first-order chi connectivity index (χ1) is 7.50. The minimum absolute atomic E-state index is 0.0142. The van der Waals surface area contributed by atoms with Gasteiger partial charge in [-0.15, -0.1) is 0 Å². The molecule has 0 saturated heterocycles. The van der Waals surface area contributed by atoms with Gasteiger partial charge in [0, 0.05) is 5.39 Å². The maximum Gasteiger partial charge on any atom is 0.275 e. The maximum absolute atomic E-state index is 12.0. The second-order valence-electron chi connectivity index (χ2n) is 4.21. The zero-order chi connectivity index (χ0) is 11.9. The van der Waals surface area contributed by atoms with Crippen LogP contribution < -0.4 is 5.56 Å². The molecule has 16 heavy (non-hydrogen) atoms. The van der Waals surface area contributed by atoms with E-state index >= 15 is 0 Å². The predicted octanol–water partition coefficient (Wildman–Crippen LogP) is 1.99. The number of benzene rings is 1. The lowest BCUT2D eigenvalue weighted by molar-refractivity contribution is 0.471. The Hall–Kier alpha value is -1.84. The molecule has 0 spiro atoms. The van der Waals surface area contributed by atoms with E-state index in [1.807, 2.05) is 13.8 Å². The van der Waals surface area contributed by atoms with Gasteiger partial charge in [-0.25, -0.2) is 4.68 Å². The number of hydrogen-bond donors (Lipinski definition) is 1. The fraction of sp³-hybridized carbons (Fsp3) is 0.333. The summed E-state index contributed by atoms with van der Waals surface area (Å²) in [6.45, 7) is 5.59. The minimum Gasteiger partial charge on any atom is -0.508 e. The highest BCUT2D eigenvalue weighted by atomic mass is 16.3. The number of nitrogens with zero attached hydrogens (tertiary/aromatic N) is 2. The summed E-state index contributed by atoms with van der Waals surface area (Å²) in [6, 6.07) is 3.29. The van der Waals surface area contributed by atoms with Gasteiger partial charge in [-0.05, 0) is 38.5 Å². The Morgan fingerprint density at radius 3 is 2.69 bits per heavy atom. The zero-order valence-corrected chi connectivity index (χ0v) is 9.56. The molecule has 1 aromatic carbocycles. The third-order valence-corrected chi connectivity index (χ3v) is 2.62. The number of fused-ring (bicyclic) bond motifs is 1. The van der Waals surface area contributed by atoms with E-state index in [1.54, 1.807) is 19.2 Å². The highest BCUT2D eigenvalue weighted by Gasteiger charge is 2.08. The lowest BCUT2D eigenvalue weighted by Gasteiger charge is -2.09. The monoisotopic (exact) mass is 218 g/mol. The fourth-order valence-electron chi connectivity index (χ4n) is 1.68. The average molecular weight is 218 g/mol. The molecule has 2 aromatic rings. The molecule has 0 aliphatic rings. The molecule has 0 bridgehead atoms. The summed E-state index contributed by atoms with van der Waals surface area (Å²) < 4.78 is 1.41. The van der Waals surface area contributed by atoms with Crippen molar-refractivity contribution in [2.24, 2.45) is 0 Å². The Bertz CT molecular complexity index is 600. The van der Waals surface area contributed by atoms with Crippen molar-refractivity contribution in [1.29, 1.82) is 0 Å². The fourth-order valence-corrected chi connectivity index (χ4v) is 1.68. The standard InChI is InChI=1S/C12H14N2O2/c1-7(2)14-12(16)10-5-11(15)8(3)4-9(10)6-13-14/h4-7,15H,1-3H3. The molecule has 4 nitrogen and oxygen atoms in total. The van der Waals surface area contributed by atoms with Gasteiger partial charge in [0.25, 0.3) is 5.56 Å². The van der Waals surface area contributed by atoms with E-state index in [9.17, 15) is 9.90 Å². The molecule has 0 aliphatic heterocycles. The maximum atomic E-state index is 12.0. The van der Waals surface area contributed by atoms with Gasteiger partial charge in [0.1, 0.15) is 5.75 Å². The molecule has 84 valence electrons. The minimum atomic E-state index is -0.164. The highest BCUT2D eigenvalue weighted by Crippen LogP contribution is 2.21. The number of phenolic OH excluding ortho intramolecular Hbond substituents is 1. The van der Waals surface area contributed by atoms with Gasteiger partial charge in [0.2, 0.25) is 0 Å². The predicted molar refractivity (Wildman–Crippen MR) is 62.8 cm³/mol.